The molecule has 2 heterocycles. The molecule has 12 nitrogen and oxygen atoms in total. The number of fused-ring (bicyclic) bond motifs is 1. The molecule has 43 heavy (non-hydrogen) atoms. The first kappa shape index (κ1) is 32.4. The molecular weight excluding hydrogens is 599 g/mol. The van der Waals surface area contributed by atoms with E-state index in [0.717, 1.165) is 31.0 Å². The van der Waals surface area contributed by atoms with Crippen molar-refractivity contribution in [1.82, 2.24) is 9.78 Å². The Morgan fingerprint density at radius 1 is 1.23 bits per heavy atom. The summed E-state index contributed by atoms with van der Waals surface area (Å²) in [7, 11) is -4.46. The molecule has 238 valence electrons. The van der Waals surface area contributed by atoms with Crippen molar-refractivity contribution in [2.75, 3.05) is 24.1 Å². The monoisotopic (exact) mass is 633 g/mol. The van der Waals surface area contributed by atoms with Crippen LogP contribution in [0.4, 0.5) is 18.9 Å². The molecule has 1 aromatic carbocycles. The summed E-state index contributed by atoms with van der Waals surface area (Å²) in [5, 5.41) is 23.1. The highest BCUT2D eigenvalue weighted by atomic mass is 32.2. The van der Waals surface area contributed by atoms with Crippen LogP contribution in [0.1, 0.15) is 45.6 Å². The highest BCUT2D eigenvalue weighted by Gasteiger charge is 2.51. The van der Waals surface area contributed by atoms with Crippen LogP contribution in [0.25, 0.3) is 0 Å². The number of ether oxygens (including phenoxy) is 3. The maximum atomic E-state index is 14.1. The number of sulfonamides is 1. The molecule has 0 radical (unpaired) electrons. The number of hydrogen-bond acceptors (Lipinski definition) is 9. The molecular formula is C27H34F3N3O9S. The van der Waals surface area contributed by atoms with Crippen LogP contribution < -0.4 is 13.8 Å². The summed E-state index contributed by atoms with van der Waals surface area (Å²) in [5.74, 6) is -3.14. The number of aliphatic hydroxyl groups excluding tert-OH is 1. The lowest BCUT2D eigenvalue weighted by Gasteiger charge is -2.36. The van der Waals surface area contributed by atoms with E-state index in [-0.39, 0.29) is 53.3 Å². The maximum Gasteiger partial charge on any atom is 0.427 e. The van der Waals surface area contributed by atoms with Gasteiger partial charge in [0, 0.05) is 12.7 Å². The highest BCUT2D eigenvalue weighted by molar-refractivity contribution is 7.93. The smallest absolute Gasteiger partial charge is 0.427 e. The zero-order chi connectivity index (χ0) is 31.7. The van der Waals surface area contributed by atoms with Crippen molar-refractivity contribution >= 4 is 27.6 Å². The van der Waals surface area contributed by atoms with E-state index in [9.17, 15) is 41.4 Å². The Morgan fingerprint density at radius 2 is 1.93 bits per heavy atom. The highest BCUT2D eigenvalue weighted by Crippen LogP contribution is 2.44. The number of aliphatic carboxylic acids is 1. The number of alkyl halides is 3. The van der Waals surface area contributed by atoms with Crippen molar-refractivity contribution in [3.8, 4) is 11.6 Å². The average molecular weight is 634 g/mol. The summed E-state index contributed by atoms with van der Waals surface area (Å²) in [6, 6.07) is 4.08. The summed E-state index contributed by atoms with van der Waals surface area (Å²) in [6.45, 7) is 2.55. The topological polar surface area (TPSA) is 157 Å². The van der Waals surface area contributed by atoms with E-state index < -0.39 is 58.8 Å². The maximum absolute atomic E-state index is 14.1. The largest absolute Gasteiger partial charge is 0.486 e. The van der Waals surface area contributed by atoms with Crippen LogP contribution in [0.2, 0.25) is 0 Å². The van der Waals surface area contributed by atoms with Crippen LogP contribution in [0.5, 0.6) is 11.6 Å². The molecule has 1 fully saturated rings. The minimum Gasteiger partial charge on any atom is -0.486 e. The van der Waals surface area contributed by atoms with Crippen molar-refractivity contribution < 1.29 is 55.6 Å². The molecule has 2 atom stereocenters. The molecule has 1 aromatic heterocycles. The number of aromatic nitrogens is 2. The van der Waals surface area contributed by atoms with Crippen LogP contribution in [-0.2, 0) is 37.3 Å². The van der Waals surface area contributed by atoms with Gasteiger partial charge < -0.3 is 24.4 Å². The molecule has 1 aliphatic carbocycles. The Hall–Kier alpha value is -3.53. The Morgan fingerprint density at radius 3 is 2.51 bits per heavy atom. The number of nitrogens with zero attached hydrogens (tertiary/aromatic N) is 3. The van der Waals surface area contributed by atoms with Crippen LogP contribution in [0.15, 0.2) is 29.3 Å². The van der Waals surface area contributed by atoms with Gasteiger partial charge in [-0.1, -0.05) is 6.07 Å². The van der Waals surface area contributed by atoms with Crippen LogP contribution in [0, 0.1) is 11.8 Å². The number of halogens is 3. The summed E-state index contributed by atoms with van der Waals surface area (Å²) in [6.07, 6.45) is -3.46. The standard InChI is InChI=1S/C27H34F3N3O9S/c1-4-32-15-22(24(31-32)40-10-9-34)43(38,39)33-14-18(13-19(25(36)37)17-6-7-17)41-21-8-5-16(11-20(21)33)12-23(35)42-26(2,3)27(28,29)30/h5,8,11,15,17-19,34H,4,6-7,9-10,12-14H2,1-3H3,(H,36,37)/t18-,19-/m0/s1. The number of anilines is 1. The first-order chi connectivity index (χ1) is 20.1. The zero-order valence-corrected chi connectivity index (χ0v) is 24.7. The van der Waals surface area contributed by atoms with Gasteiger partial charge in [-0.05, 0) is 63.6 Å². The summed E-state index contributed by atoms with van der Waals surface area (Å²) in [4.78, 5) is 24.1. The summed E-state index contributed by atoms with van der Waals surface area (Å²) >= 11 is 0. The molecule has 1 saturated carbocycles. The zero-order valence-electron chi connectivity index (χ0n) is 23.8. The SMILES string of the molecule is CCn1cc(S(=O)(=O)N2C[C@H](C[C@H](C(=O)O)C3CC3)Oc3ccc(CC(=O)OC(C)(C)C(F)(F)F)cc32)c(OCCO)n1. The molecule has 2 aliphatic rings. The van der Waals surface area contributed by atoms with Gasteiger partial charge in [-0.2, -0.15) is 13.2 Å². The fourth-order valence-corrected chi connectivity index (χ4v) is 6.30. The van der Waals surface area contributed by atoms with Crippen molar-refractivity contribution in [3.05, 3.63) is 30.0 Å². The van der Waals surface area contributed by atoms with Gasteiger partial charge in [-0.15, -0.1) is 5.10 Å². The van der Waals surface area contributed by atoms with Crippen molar-refractivity contribution in [1.29, 1.82) is 0 Å². The number of esters is 1. The van der Waals surface area contributed by atoms with Gasteiger partial charge >= 0.3 is 18.1 Å². The molecule has 0 saturated heterocycles. The summed E-state index contributed by atoms with van der Waals surface area (Å²) in [5.41, 5.74) is -2.59. The van der Waals surface area contributed by atoms with Crippen LogP contribution in [-0.4, -0.2) is 78.0 Å². The molecule has 2 aromatic rings. The van der Waals surface area contributed by atoms with Gasteiger partial charge in [0.25, 0.3) is 15.9 Å². The van der Waals surface area contributed by atoms with Crippen LogP contribution in [0.3, 0.4) is 0 Å². The number of aryl methyl sites for hydroxylation is 1. The fourth-order valence-electron chi connectivity index (χ4n) is 4.73. The third-order valence-electron chi connectivity index (χ3n) is 7.30. The third-order valence-corrected chi connectivity index (χ3v) is 9.06. The first-order valence-electron chi connectivity index (χ1n) is 13.7. The van der Waals surface area contributed by atoms with Gasteiger partial charge in [-0.3, -0.25) is 18.6 Å². The number of carboxylic acids is 1. The van der Waals surface area contributed by atoms with E-state index in [1.807, 2.05) is 0 Å². The number of hydrogen-bond donors (Lipinski definition) is 2. The average Bonchev–Trinajstić information content (AvgIpc) is 3.66. The van der Waals surface area contributed by atoms with Crippen LogP contribution >= 0.6 is 0 Å². The lowest BCUT2D eigenvalue weighted by atomic mass is 9.95. The van der Waals surface area contributed by atoms with Gasteiger partial charge in [0.15, 0.2) is 4.90 Å². The Bertz CT molecular complexity index is 1460. The number of rotatable bonds is 13. The number of benzene rings is 1. The third kappa shape index (κ3) is 7.17. The van der Waals surface area contributed by atoms with E-state index in [4.69, 9.17) is 9.47 Å². The second-order valence-electron chi connectivity index (χ2n) is 11.0. The van der Waals surface area contributed by atoms with E-state index in [1.54, 1.807) is 6.92 Å². The minimum absolute atomic E-state index is 0.00714. The lowest BCUT2D eigenvalue weighted by Crippen LogP contribution is -2.45. The number of carboxylic acid groups (broad SMARTS) is 1. The Balaban J connectivity index is 1.71. The fraction of sp³-hybridized carbons (Fsp3) is 0.593. The van der Waals surface area contributed by atoms with Crippen molar-refractivity contribution in [2.24, 2.45) is 11.8 Å². The Kier molecular flexibility index (Phi) is 9.21. The molecule has 0 unspecified atom stereocenters. The predicted molar refractivity (Wildman–Crippen MR) is 144 cm³/mol. The number of carbonyl (C=O) groups excluding carboxylic acids is 1. The van der Waals surface area contributed by atoms with Gasteiger partial charge in [0.1, 0.15) is 18.5 Å². The van der Waals surface area contributed by atoms with Crippen molar-refractivity contribution in [2.45, 2.75) is 75.8 Å². The predicted octanol–water partition coefficient (Wildman–Crippen LogP) is 3.16. The van der Waals surface area contributed by atoms with E-state index in [0.29, 0.717) is 6.54 Å². The van der Waals surface area contributed by atoms with Gasteiger partial charge in [0.2, 0.25) is 5.60 Å². The minimum atomic E-state index is -4.81. The second-order valence-corrected chi connectivity index (χ2v) is 12.8. The first-order valence-corrected chi connectivity index (χ1v) is 15.2. The molecule has 16 heteroatoms. The molecule has 0 bridgehead atoms. The quantitative estimate of drug-likeness (QED) is 0.314. The van der Waals surface area contributed by atoms with E-state index >= 15 is 0 Å². The van der Waals surface area contributed by atoms with Gasteiger partial charge in [0.05, 0.1) is 31.2 Å². The van der Waals surface area contributed by atoms with Gasteiger partial charge in [-0.25, -0.2) is 8.42 Å². The van der Waals surface area contributed by atoms with E-state index in [1.165, 1.54) is 29.1 Å². The number of carbonyl (C=O) groups is 2. The molecule has 1 aliphatic heterocycles. The van der Waals surface area contributed by atoms with Crippen molar-refractivity contribution in [3.63, 3.8) is 0 Å². The molecule has 0 amide bonds. The normalized spacial score (nSPS) is 18.0. The summed E-state index contributed by atoms with van der Waals surface area (Å²) < 4.78 is 86.4. The molecule has 4 rings (SSSR count). The second kappa shape index (κ2) is 12.2. The Labute approximate surface area is 246 Å². The molecule has 2 N–H and O–H groups in total. The lowest BCUT2D eigenvalue weighted by molar-refractivity contribution is -0.257. The number of aliphatic hydroxyl groups is 1. The van der Waals surface area contributed by atoms with E-state index in [2.05, 4.69) is 9.84 Å². The molecule has 0 spiro atoms.